The minimum Gasteiger partial charge on any atom is -0.383 e. The highest BCUT2D eigenvalue weighted by Crippen LogP contribution is 2.14. The molecule has 2 bridgehead atoms. The van der Waals surface area contributed by atoms with Crippen molar-refractivity contribution in [2.24, 2.45) is 4.99 Å². The third-order valence-electron chi connectivity index (χ3n) is 3.92. The first-order chi connectivity index (χ1) is 9.22. The Kier molecular flexibility index (Phi) is 8.08. The maximum absolute atomic E-state index is 5.12. The fourth-order valence-corrected chi connectivity index (χ4v) is 2.85. The molecule has 6 nitrogen and oxygen atoms in total. The lowest BCUT2D eigenvalue weighted by Crippen LogP contribution is -2.64. The van der Waals surface area contributed by atoms with Crippen LogP contribution >= 0.6 is 24.0 Å². The van der Waals surface area contributed by atoms with Gasteiger partial charge in [0.05, 0.1) is 6.61 Å². The van der Waals surface area contributed by atoms with E-state index in [0.717, 1.165) is 12.5 Å². The summed E-state index contributed by atoms with van der Waals surface area (Å²) < 4.78 is 5.12. The van der Waals surface area contributed by atoms with Crippen LogP contribution in [-0.4, -0.2) is 87.9 Å². The van der Waals surface area contributed by atoms with E-state index in [1.165, 1.54) is 32.7 Å². The number of methoxy groups -OCH3 is 1. The molecule has 3 heterocycles. The van der Waals surface area contributed by atoms with E-state index in [4.69, 9.17) is 4.74 Å². The maximum atomic E-state index is 5.12. The van der Waals surface area contributed by atoms with Gasteiger partial charge in [-0.25, -0.2) is 0 Å². The van der Waals surface area contributed by atoms with Crippen molar-refractivity contribution in [3.63, 3.8) is 0 Å². The van der Waals surface area contributed by atoms with Gasteiger partial charge in [0.2, 0.25) is 0 Å². The quantitative estimate of drug-likeness (QED) is 0.383. The molecule has 0 saturated carbocycles. The number of hydrogen-bond acceptors (Lipinski definition) is 4. The minimum absolute atomic E-state index is 0. The molecule has 2 N–H and O–H groups in total. The first-order valence-electron chi connectivity index (χ1n) is 7.15. The summed E-state index contributed by atoms with van der Waals surface area (Å²) >= 11 is 0. The second kappa shape index (κ2) is 9.01. The zero-order valence-corrected chi connectivity index (χ0v) is 15.1. The van der Waals surface area contributed by atoms with Gasteiger partial charge in [-0.3, -0.25) is 14.8 Å². The van der Waals surface area contributed by atoms with Crippen LogP contribution in [0.1, 0.15) is 6.92 Å². The molecule has 0 radical (unpaired) electrons. The normalized spacial score (nSPS) is 30.6. The number of aliphatic imine (C=N–C) groups is 1. The number of nitrogens with one attached hydrogen (secondary N) is 2. The summed E-state index contributed by atoms with van der Waals surface area (Å²) in [6.45, 7) is 9.78. The van der Waals surface area contributed by atoms with Crippen molar-refractivity contribution in [2.75, 3.05) is 60.0 Å². The number of nitrogens with zero attached hydrogens (tertiary/aromatic N) is 3. The molecule has 0 aliphatic carbocycles. The van der Waals surface area contributed by atoms with E-state index in [1.54, 1.807) is 7.11 Å². The van der Waals surface area contributed by atoms with Crippen molar-refractivity contribution < 1.29 is 4.74 Å². The Morgan fingerprint density at radius 3 is 2.55 bits per heavy atom. The first kappa shape index (κ1) is 17.9. The molecular weight excluding hydrogens is 369 g/mol. The molecule has 118 valence electrons. The van der Waals surface area contributed by atoms with Crippen molar-refractivity contribution in [2.45, 2.75) is 19.0 Å². The van der Waals surface area contributed by atoms with E-state index < -0.39 is 0 Å². The van der Waals surface area contributed by atoms with Crippen molar-refractivity contribution in [1.82, 2.24) is 20.4 Å². The number of halogens is 1. The van der Waals surface area contributed by atoms with E-state index in [9.17, 15) is 0 Å². The van der Waals surface area contributed by atoms with Gasteiger partial charge in [0.15, 0.2) is 5.96 Å². The number of fused-ring (bicyclic) bond motifs is 3. The summed E-state index contributed by atoms with van der Waals surface area (Å²) in [5.41, 5.74) is 0. The average molecular weight is 397 g/mol. The lowest BCUT2D eigenvalue weighted by atomic mass is 10.1. The van der Waals surface area contributed by atoms with Gasteiger partial charge in [-0.2, -0.15) is 0 Å². The van der Waals surface area contributed by atoms with E-state index in [-0.39, 0.29) is 30.0 Å². The maximum Gasteiger partial charge on any atom is 0.191 e. The number of guanidine groups is 1. The van der Waals surface area contributed by atoms with Crippen LogP contribution in [0.3, 0.4) is 0 Å². The smallest absolute Gasteiger partial charge is 0.191 e. The van der Waals surface area contributed by atoms with Crippen LogP contribution in [0.4, 0.5) is 0 Å². The van der Waals surface area contributed by atoms with E-state index >= 15 is 0 Å². The van der Waals surface area contributed by atoms with Gasteiger partial charge in [-0.1, -0.05) is 0 Å². The number of piperazine rings is 3. The van der Waals surface area contributed by atoms with Crippen LogP contribution in [0.25, 0.3) is 0 Å². The standard InChI is InChI=1S/C13H27N5O.HI/c1-11(10-19-3)16-13(14-2)15-8-12-9-17-4-6-18(12)7-5-17;/h11-12H,4-10H2,1-3H3,(H2,14,15,16);1H. The zero-order valence-electron chi connectivity index (χ0n) is 12.8. The molecule has 0 aromatic rings. The Hall–Kier alpha value is -0.120. The van der Waals surface area contributed by atoms with Gasteiger partial charge in [-0.15, -0.1) is 24.0 Å². The fraction of sp³-hybridized carbons (Fsp3) is 0.923. The molecular formula is C13H28IN5O. The van der Waals surface area contributed by atoms with Crippen molar-refractivity contribution in [3.05, 3.63) is 0 Å². The molecule has 2 unspecified atom stereocenters. The summed E-state index contributed by atoms with van der Waals surface area (Å²) in [5, 5.41) is 6.76. The zero-order chi connectivity index (χ0) is 13.7. The van der Waals surface area contributed by atoms with Gasteiger partial charge in [0, 0.05) is 65.5 Å². The molecule has 3 saturated heterocycles. The number of rotatable bonds is 5. The van der Waals surface area contributed by atoms with Crippen LogP contribution < -0.4 is 10.6 Å². The molecule has 7 heteroatoms. The largest absolute Gasteiger partial charge is 0.383 e. The Morgan fingerprint density at radius 2 is 2.05 bits per heavy atom. The van der Waals surface area contributed by atoms with E-state index in [0.29, 0.717) is 12.6 Å². The monoisotopic (exact) mass is 397 g/mol. The topological polar surface area (TPSA) is 52.1 Å². The molecule has 0 aromatic heterocycles. The average Bonchev–Trinajstić information content (AvgIpc) is 2.45. The van der Waals surface area contributed by atoms with Crippen molar-refractivity contribution in [3.8, 4) is 0 Å². The molecule has 3 fully saturated rings. The molecule has 2 atom stereocenters. The number of hydrogen-bond donors (Lipinski definition) is 2. The third-order valence-corrected chi connectivity index (χ3v) is 3.92. The van der Waals surface area contributed by atoms with Crippen molar-refractivity contribution >= 4 is 29.9 Å². The highest BCUT2D eigenvalue weighted by Gasteiger charge is 2.31. The predicted octanol–water partition coefficient (Wildman–Crippen LogP) is -0.196. The summed E-state index contributed by atoms with van der Waals surface area (Å²) in [4.78, 5) is 9.40. The SMILES string of the molecule is CN=C(NCC1CN2CCN1CC2)NC(C)COC.I. The molecule has 20 heavy (non-hydrogen) atoms. The Bertz CT molecular complexity index is 307. The van der Waals surface area contributed by atoms with Crippen LogP contribution in [0.2, 0.25) is 0 Å². The van der Waals surface area contributed by atoms with Gasteiger partial charge in [-0.05, 0) is 6.92 Å². The van der Waals surface area contributed by atoms with Gasteiger partial charge in [0.1, 0.15) is 0 Å². The molecule has 0 amide bonds. The molecule has 0 spiro atoms. The molecule has 0 aromatic carbocycles. The van der Waals surface area contributed by atoms with Crippen LogP contribution in [0, 0.1) is 0 Å². The summed E-state index contributed by atoms with van der Waals surface area (Å²) in [6.07, 6.45) is 0. The predicted molar refractivity (Wildman–Crippen MR) is 93.1 cm³/mol. The fourth-order valence-electron chi connectivity index (χ4n) is 2.85. The lowest BCUT2D eigenvalue weighted by molar-refractivity contribution is 0.0154. The Morgan fingerprint density at radius 1 is 1.35 bits per heavy atom. The Labute approximate surface area is 139 Å². The number of ether oxygens (including phenoxy) is 1. The molecule has 3 aliphatic heterocycles. The lowest BCUT2D eigenvalue weighted by Gasteiger charge is -2.47. The summed E-state index contributed by atoms with van der Waals surface area (Å²) in [5.74, 6) is 0.863. The van der Waals surface area contributed by atoms with Crippen molar-refractivity contribution in [1.29, 1.82) is 0 Å². The van der Waals surface area contributed by atoms with Crippen LogP contribution in [0.5, 0.6) is 0 Å². The first-order valence-corrected chi connectivity index (χ1v) is 7.15. The highest BCUT2D eigenvalue weighted by atomic mass is 127. The second-order valence-corrected chi connectivity index (χ2v) is 5.44. The highest BCUT2D eigenvalue weighted by molar-refractivity contribution is 14.0. The summed E-state index contributed by atoms with van der Waals surface area (Å²) in [6, 6.07) is 0.877. The van der Waals surface area contributed by atoms with E-state index in [1.807, 2.05) is 7.05 Å². The third kappa shape index (κ3) is 5.01. The van der Waals surface area contributed by atoms with Gasteiger partial charge >= 0.3 is 0 Å². The van der Waals surface area contributed by atoms with Gasteiger partial charge < -0.3 is 15.4 Å². The Balaban J connectivity index is 0.00000200. The summed E-state index contributed by atoms with van der Waals surface area (Å²) in [7, 11) is 3.53. The molecule has 3 aliphatic rings. The second-order valence-electron chi connectivity index (χ2n) is 5.44. The van der Waals surface area contributed by atoms with Crippen LogP contribution in [-0.2, 0) is 4.74 Å². The minimum atomic E-state index is 0. The van der Waals surface area contributed by atoms with Gasteiger partial charge in [0.25, 0.3) is 0 Å². The van der Waals surface area contributed by atoms with Crippen LogP contribution in [0.15, 0.2) is 4.99 Å². The van der Waals surface area contributed by atoms with E-state index in [2.05, 4.69) is 32.3 Å². The molecule has 3 rings (SSSR count).